The second kappa shape index (κ2) is 4.64. The summed E-state index contributed by atoms with van der Waals surface area (Å²) in [4.78, 5) is 23.5. The van der Waals surface area contributed by atoms with Crippen LogP contribution in [-0.4, -0.2) is 16.9 Å². The van der Waals surface area contributed by atoms with Crippen molar-refractivity contribution in [2.75, 3.05) is 0 Å². The van der Waals surface area contributed by atoms with Crippen molar-refractivity contribution in [3.05, 3.63) is 35.4 Å². The van der Waals surface area contributed by atoms with E-state index in [0.717, 1.165) is 0 Å². The summed E-state index contributed by atoms with van der Waals surface area (Å²) in [6, 6.07) is 6.29. The maximum atomic E-state index is 11.8. The number of nitrogens with one attached hydrogen (secondary N) is 1. The minimum atomic E-state index is -0.360. The van der Waals surface area contributed by atoms with Crippen molar-refractivity contribution in [3.8, 4) is 5.75 Å². The van der Waals surface area contributed by atoms with Crippen molar-refractivity contribution in [2.45, 2.75) is 20.3 Å². The zero-order valence-corrected chi connectivity index (χ0v) is 10.4. The molecule has 1 aliphatic heterocycles. The van der Waals surface area contributed by atoms with Gasteiger partial charge >= 0.3 is 0 Å². The van der Waals surface area contributed by atoms with Crippen LogP contribution in [0.5, 0.6) is 5.75 Å². The molecule has 0 bridgehead atoms. The first kappa shape index (κ1) is 12.4. The van der Waals surface area contributed by atoms with E-state index in [0.29, 0.717) is 29.0 Å². The Bertz CT molecular complexity index is 526. The van der Waals surface area contributed by atoms with E-state index in [9.17, 15) is 14.7 Å². The van der Waals surface area contributed by atoms with E-state index < -0.39 is 0 Å². The van der Waals surface area contributed by atoms with Gasteiger partial charge < -0.3 is 5.11 Å². The number of imide groups is 1. The smallest absolute Gasteiger partial charge is 0.259 e. The fraction of sp³-hybridized carbons (Fsp3) is 0.286. The molecule has 1 aromatic carbocycles. The number of amides is 2. The molecular formula is C14H15NO3. The summed E-state index contributed by atoms with van der Waals surface area (Å²) >= 11 is 0. The number of carbonyl (C=O) groups is 2. The van der Waals surface area contributed by atoms with E-state index in [2.05, 4.69) is 5.32 Å². The van der Waals surface area contributed by atoms with Crippen LogP contribution in [0.2, 0.25) is 0 Å². The van der Waals surface area contributed by atoms with Crippen molar-refractivity contribution in [1.29, 1.82) is 0 Å². The number of hydrogen-bond donors (Lipinski definition) is 2. The predicted molar refractivity (Wildman–Crippen MR) is 67.6 cm³/mol. The van der Waals surface area contributed by atoms with Gasteiger partial charge in [-0.25, -0.2) is 0 Å². The summed E-state index contributed by atoms with van der Waals surface area (Å²) in [6.45, 7) is 4.00. The van der Waals surface area contributed by atoms with Crippen molar-refractivity contribution in [3.63, 3.8) is 0 Å². The highest BCUT2D eigenvalue weighted by Crippen LogP contribution is 2.29. The van der Waals surface area contributed by atoms with Crippen molar-refractivity contribution in [2.24, 2.45) is 5.92 Å². The molecule has 18 heavy (non-hydrogen) atoms. The van der Waals surface area contributed by atoms with Gasteiger partial charge in [-0.1, -0.05) is 26.0 Å². The maximum Gasteiger partial charge on any atom is 0.259 e. The summed E-state index contributed by atoms with van der Waals surface area (Å²) < 4.78 is 0. The molecule has 1 heterocycles. The van der Waals surface area contributed by atoms with Gasteiger partial charge in [-0.05, 0) is 30.0 Å². The molecule has 4 heteroatoms. The highest BCUT2D eigenvalue weighted by atomic mass is 16.3. The Morgan fingerprint density at radius 1 is 1.11 bits per heavy atom. The Kier molecular flexibility index (Phi) is 3.19. The van der Waals surface area contributed by atoms with Gasteiger partial charge in [-0.15, -0.1) is 0 Å². The second-order valence-corrected chi connectivity index (χ2v) is 4.78. The summed E-state index contributed by atoms with van der Waals surface area (Å²) in [5.41, 5.74) is 1.61. The molecule has 0 radical (unpaired) electrons. The van der Waals surface area contributed by atoms with Crippen LogP contribution in [-0.2, 0) is 9.59 Å². The van der Waals surface area contributed by atoms with Crippen molar-refractivity contribution < 1.29 is 14.7 Å². The number of aromatic hydroxyl groups is 1. The monoisotopic (exact) mass is 245 g/mol. The Hall–Kier alpha value is -2.10. The van der Waals surface area contributed by atoms with Gasteiger partial charge in [0.2, 0.25) is 0 Å². The molecule has 2 N–H and O–H groups in total. The van der Waals surface area contributed by atoms with E-state index in [1.807, 2.05) is 13.8 Å². The number of hydrogen-bond acceptors (Lipinski definition) is 3. The van der Waals surface area contributed by atoms with E-state index in [1.165, 1.54) is 12.1 Å². The number of phenols is 1. The number of rotatable bonds is 3. The molecule has 0 spiro atoms. The Morgan fingerprint density at radius 2 is 1.72 bits per heavy atom. The molecule has 94 valence electrons. The molecule has 0 saturated carbocycles. The van der Waals surface area contributed by atoms with Crippen LogP contribution in [0.3, 0.4) is 0 Å². The van der Waals surface area contributed by atoms with E-state index >= 15 is 0 Å². The second-order valence-electron chi connectivity index (χ2n) is 4.78. The van der Waals surface area contributed by atoms with E-state index in [1.54, 1.807) is 12.1 Å². The van der Waals surface area contributed by atoms with Crippen LogP contribution < -0.4 is 5.32 Å². The molecule has 0 aliphatic carbocycles. The first-order chi connectivity index (χ1) is 8.49. The summed E-state index contributed by atoms with van der Waals surface area (Å²) in [7, 11) is 0. The third-order valence-corrected chi connectivity index (χ3v) is 2.80. The van der Waals surface area contributed by atoms with Gasteiger partial charge in [0.15, 0.2) is 0 Å². The Morgan fingerprint density at radius 3 is 2.28 bits per heavy atom. The van der Waals surface area contributed by atoms with Crippen molar-refractivity contribution >= 4 is 17.4 Å². The summed E-state index contributed by atoms with van der Waals surface area (Å²) in [6.07, 6.45) is 0.563. The van der Waals surface area contributed by atoms with Crippen LogP contribution in [0.1, 0.15) is 25.8 Å². The molecule has 2 rings (SSSR count). The van der Waals surface area contributed by atoms with Crippen LogP contribution in [0.4, 0.5) is 0 Å². The van der Waals surface area contributed by atoms with Crippen LogP contribution in [0.15, 0.2) is 29.8 Å². The van der Waals surface area contributed by atoms with Gasteiger partial charge in [0, 0.05) is 5.57 Å². The summed E-state index contributed by atoms with van der Waals surface area (Å²) in [5, 5.41) is 11.6. The van der Waals surface area contributed by atoms with Crippen LogP contribution >= 0.6 is 0 Å². The van der Waals surface area contributed by atoms with Crippen LogP contribution in [0.25, 0.3) is 5.57 Å². The minimum Gasteiger partial charge on any atom is -0.508 e. The molecular weight excluding hydrogens is 230 g/mol. The van der Waals surface area contributed by atoms with Gasteiger partial charge in [-0.2, -0.15) is 0 Å². The molecule has 0 fully saturated rings. The zero-order chi connectivity index (χ0) is 13.3. The van der Waals surface area contributed by atoms with Gasteiger partial charge in [-0.3, -0.25) is 14.9 Å². The molecule has 0 aromatic heterocycles. The molecule has 0 saturated heterocycles. The molecule has 1 aromatic rings. The predicted octanol–water partition coefficient (Wildman–Crippen LogP) is 1.85. The fourth-order valence-electron chi connectivity index (χ4n) is 2.03. The number of phenolic OH excluding ortho intramolecular Hbond substituents is 1. The molecule has 1 aliphatic rings. The molecule has 2 amide bonds. The van der Waals surface area contributed by atoms with Gasteiger partial charge in [0.25, 0.3) is 11.8 Å². The lowest BCUT2D eigenvalue weighted by molar-refractivity contribution is -0.123. The minimum absolute atomic E-state index is 0.134. The third kappa shape index (κ3) is 2.27. The van der Waals surface area contributed by atoms with Crippen LogP contribution in [0, 0.1) is 5.92 Å². The lowest BCUT2D eigenvalue weighted by atomic mass is 9.95. The standard InChI is InChI=1S/C14H15NO3/c1-8(2)7-11-12(14(18)15-13(11)17)9-3-5-10(16)6-4-9/h3-6,8,16H,7H2,1-2H3,(H,15,17,18). The normalized spacial score (nSPS) is 15.5. The average molecular weight is 245 g/mol. The third-order valence-electron chi connectivity index (χ3n) is 2.80. The fourth-order valence-corrected chi connectivity index (χ4v) is 2.03. The molecule has 0 atom stereocenters. The van der Waals surface area contributed by atoms with E-state index in [4.69, 9.17) is 0 Å². The highest BCUT2D eigenvalue weighted by molar-refractivity contribution is 6.35. The quantitative estimate of drug-likeness (QED) is 0.799. The van der Waals surface area contributed by atoms with Gasteiger partial charge in [0.1, 0.15) is 5.75 Å². The largest absolute Gasteiger partial charge is 0.508 e. The summed E-state index contributed by atoms with van der Waals surface area (Å²) in [5.74, 6) is -0.239. The molecule has 4 nitrogen and oxygen atoms in total. The zero-order valence-electron chi connectivity index (χ0n) is 10.4. The molecule has 0 unspecified atom stereocenters. The lowest BCUT2D eigenvalue weighted by Crippen LogP contribution is -2.23. The first-order valence-corrected chi connectivity index (χ1v) is 5.87. The van der Waals surface area contributed by atoms with Gasteiger partial charge in [0.05, 0.1) is 5.57 Å². The number of carbonyl (C=O) groups excluding carboxylic acids is 2. The highest BCUT2D eigenvalue weighted by Gasteiger charge is 2.31. The lowest BCUT2D eigenvalue weighted by Gasteiger charge is -2.06. The first-order valence-electron chi connectivity index (χ1n) is 5.87. The van der Waals surface area contributed by atoms with E-state index in [-0.39, 0.29) is 17.6 Å². The Labute approximate surface area is 105 Å². The topological polar surface area (TPSA) is 66.4 Å². The Balaban J connectivity index is 2.48. The number of benzene rings is 1. The average Bonchev–Trinajstić information content (AvgIpc) is 2.55. The van der Waals surface area contributed by atoms with Crippen molar-refractivity contribution in [1.82, 2.24) is 5.32 Å². The maximum absolute atomic E-state index is 11.8. The SMILES string of the molecule is CC(C)CC1=C(c2ccc(O)cc2)C(=O)NC1=O.